The van der Waals surface area contributed by atoms with Crippen molar-refractivity contribution < 1.29 is 23.9 Å². The topological polar surface area (TPSA) is 69.7 Å². The van der Waals surface area contributed by atoms with Crippen molar-refractivity contribution in [2.24, 2.45) is 0 Å². The van der Waals surface area contributed by atoms with E-state index in [0.717, 1.165) is 19.3 Å². The first-order valence-electron chi connectivity index (χ1n) is 8.44. The van der Waals surface area contributed by atoms with Gasteiger partial charge in [0.15, 0.2) is 12.1 Å². The van der Waals surface area contributed by atoms with Gasteiger partial charge in [-0.25, -0.2) is 0 Å². The van der Waals surface area contributed by atoms with E-state index in [9.17, 15) is 14.4 Å². The number of benzene rings is 1. The number of hydrogen-bond acceptors (Lipinski definition) is 5. The Bertz CT molecular complexity index is 565. The summed E-state index contributed by atoms with van der Waals surface area (Å²) in [6.07, 6.45) is 5.71. The number of ketones is 1. The third kappa shape index (κ3) is 6.94. The number of hydrogen-bond donors (Lipinski definition) is 0. The Kier molecular flexibility index (Phi) is 8.76. The maximum absolute atomic E-state index is 12.2. The number of ether oxygens (including phenoxy) is 2. The van der Waals surface area contributed by atoms with Crippen LogP contribution in [0.5, 0.6) is 5.75 Å². The molecule has 0 aliphatic heterocycles. The third-order valence-corrected chi connectivity index (χ3v) is 3.59. The SMILES string of the molecule is CCCCCCCC(=O)c1ccc(OC(C)OC(C)=O)c(C=O)c1. The summed E-state index contributed by atoms with van der Waals surface area (Å²) in [5.74, 6) is -0.155. The van der Waals surface area contributed by atoms with Gasteiger partial charge in [-0.05, 0) is 24.6 Å². The van der Waals surface area contributed by atoms with Crippen LogP contribution in [0.4, 0.5) is 0 Å². The Hall–Kier alpha value is -2.17. The zero-order valence-electron chi connectivity index (χ0n) is 14.7. The second-order valence-corrected chi connectivity index (χ2v) is 5.75. The molecular formula is C19H26O5. The summed E-state index contributed by atoms with van der Waals surface area (Å²) in [6, 6.07) is 4.72. The highest BCUT2D eigenvalue weighted by Gasteiger charge is 2.13. The van der Waals surface area contributed by atoms with Crippen molar-refractivity contribution in [2.75, 3.05) is 0 Å². The number of rotatable bonds is 11. The Morgan fingerprint density at radius 2 is 1.88 bits per heavy atom. The number of esters is 1. The Morgan fingerprint density at radius 1 is 1.17 bits per heavy atom. The summed E-state index contributed by atoms with van der Waals surface area (Å²) >= 11 is 0. The first-order chi connectivity index (χ1) is 11.5. The molecular weight excluding hydrogens is 308 g/mol. The first kappa shape index (κ1) is 19.9. The van der Waals surface area contributed by atoms with Gasteiger partial charge in [0, 0.05) is 25.8 Å². The van der Waals surface area contributed by atoms with Crippen molar-refractivity contribution in [2.45, 2.75) is 65.6 Å². The molecule has 1 aromatic rings. The van der Waals surface area contributed by atoms with Crippen LogP contribution in [0.1, 0.15) is 80.0 Å². The van der Waals surface area contributed by atoms with Crippen molar-refractivity contribution in [1.82, 2.24) is 0 Å². The van der Waals surface area contributed by atoms with E-state index in [1.54, 1.807) is 19.1 Å². The van der Waals surface area contributed by atoms with E-state index < -0.39 is 12.3 Å². The molecule has 0 saturated carbocycles. The molecule has 0 aliphatic rings. The highest BCUT2D eigenvalue weighted by Crippen LogP contribution is 2.21. The quantitative estimate of drug-likeness (QED) is 0.198. The first-order valence-corrected chi connectivity index (χ1v) is 8.44. The Balaban J connectivity index is 2.66. The fourth-order valence-electron chi connectivity index (χ4n) is 2.39. The second-order valence-electron chi connectivity index (χ2n) is 5.75. The van der Waals surface area contributed by atoms with Gasteiger partial charge < -0.3 is 9.47 Å². The van der Waals surface area contributed by atoms with Crippen LogP contribution in [-0.4, -0.2) is 24.3 Å². The van der Waals surface area contributed by atoms with Crippen LogP contribution in [0.3, 0.4) is 0 Å². The highest BCUT2D eigenvalue weighted by atomic mass is 16.7. The molecule has 5 nitrogen and oxygen atoms in total. The molecule has 1 unspecified atom stereocenters. The van der Waals surface area contributed by atoms with E-state index in [0.29, 0.717) is 24.0 Å². The lowest BCUT2D eigenvalue weighted by atomic mass is 10.0. The van der Waals surface area contributed by atoms with E-state index >= 15 is 0 Å². The minimum atomic E-state index is -0.804. The summed E-state index contributed by atoms with van der Waals surface area (Å²) in [5.41, 5.74) is 0.769. The van der Waals surface area contributed by atoms with Crippen LogP contribution < -0.4 is 4.74 Å². The van der Waals surface area contributed by atoms with Gasteiger partial charge in [-0.15, -0.1) is 0 Å². The zero-order valence-corrected chi connectivity index (χ0v) is 14.7. The van der Waals surface area contributed by atoms with E-state index in [2.05, 4.69) is 6.92 Å². The molecule has 0 bridgehead atoms. The molecule has 0 heterocycles. The zero-order chi connectivity index (χ0) is 17.9. The minimum Gasteiger partial charge on any atom is -0.454 e. The molecule has 24 heavy (non-hydrogen) atoms. The second kappa shape index (κ2) is 10.6. The largest absolute Gasteiger partial charge is 0.454 e. The molecule has 0 fully saturated rings. The number of aldehydes is 1. The van der Waals surface area contributed by atoms with Crippen LogP contribution in [0.2, 0.25) is 0 Å². The predicted octanol–water partition coefficient (Wildman–Crippen LogP) is 4.33. The van der Waals surface area contributed by atoms with E-state index in [1.807, 2.05) is 0 Å². The number of unbranched alkanes of at least 4 members (excludes halogenated alkanes) is 4. The molecule has 0 spiro atoms. The summed E-state index contributed by atoms with van der Waals surface area (Å²) in [5, 5.41) is 0. The van der Waals surface area contributed by atoms with Crippen LogP contribution in [0.25, 0.3) is 0 Å². The lowest BCUT2D eigenvalue weighted by Crippen LogP contribution is -2.19. The molecule has 1 aromatic carbocycles. The summed E-state index contributed by atoms with van der Waals surface area (Å²) in [6.45, 7) is 4.99. The normalized spacial score (nSPS) is 11.6. The van der Waals surface area contributed by atoms with Crippen molar-refractivity contribution in [3.05, 3.63) is 29.3 Å². The maximum atomic E-state index is 12.2. The lowest BCUT2D eigenvalue weighted by Gasteiger charge is -2.16. The van der Waals surface area contributed by atoms with Gasteiger partial charge in [0.25, 0.3) is 0 Å². The molecule has 5 heteroatoms. The van der Waals surface area contributed by atoms with Crippen LogP contribution >= 0.6 is 0 Å². The van der Waals surface area contributed by atoms with E-state index in [4.69, 9.17) is 9.47 Å². The van der Waals surface area contributed by atoms with Crippen molar-refractivity contribution >= 4 is 18.0 Å². The number of Topliss-reactive ketones (excluding diaryl/α,β-unsaturated/α-hetero) is 1. The lowest BCUT2D eigenvalue weighted by molar-refractivity contribution is -0.158. The van der Waals surface area contributed by atoms with Crippen molar-refractivity contribution in [1.29, 1.82) is 0 Å². The average molecular weight is 334 g/mol. The van der Waals surface area contributed by atoms with Crippen molar-refractivity contribution in [3.8, 4) is 5.75 Å². The molecule has 0 radical (unpaired) electrons. The van der Waals surface area contributed by atoms with Gasteiger partial charge in [-0.1, -0.05) is 32.6 Å². The summed E-state index contributed by atoms with van der Waals surface area (Å²) < 4.78 is 10.3. The fourth-order valence-corrected chi connectivity index (χ4v) is 2.39. The average Bonchev–Trinajstić information content (AvgIpc) is 2.54. The number of carbonyl (C=O) groups is 3. The maximum Gasteiger partial charge on any atom is 0.305 e. The highest BCUT2D eigenvalue weighted by molar-refractivity contribution is 5.98. The molecule has 0 aromatic heterocycles. The van der Waals surface area contributed by atoms with Gasteiger partial charge in [0.05, 0.1) is 5.56 Å². The van der Waals surface area contributed by atoms with Crippen LogP contribution in [0.15, 0.2) is 18.2 Å². The molecule has 0 aliphatic carbocycles. The van der Waals surface area contributed by atoms with Gasteiger partial charge in [-0.3, -0.25) is 14.4 Å². The minimum absolute atomic E-state index is 0.0224. The van der Waals surface area contributed by atoms with Gasteiger partial charge in [0.2, 0.25) is 6.29 Å². The monoisotopic (exact) mass is 334 g/mol. The fraction of sp³-hybridized carbons (Fsp3) is 0.526. The van der Waals surface area contributed by atoms with E-state index in [1.165, 1.54) is 25.8 Å². The Morgan fingerprint density at radius 3 is 2.50 bits per heavy atom. The molecule has 0 amide bonds. The molecule has 0 N–H and O–H groups in total. The molecule has 0 saturated heterocycles. The van der Waals surface area contributed by atoms with Crippen LogP contribution in [-0.2, 0) is 9.53 Å². The molecule has 1 atom stereocenters. The van der Waals surface area contributed by atoms with E-state index in [-0.39, 0.29) is 11.3 Å². The Labute approximate surface area is 143 Å². The smallest absolute Gasteiger partial charge is 0.305 e. The summed E-state index contributed by atoms with van der Waals surface area (Å²) in [4.78, 5) is 34.3. The van der Waals surface area contributed by atoms with Gasteiger partial charge in [-0.2, -0.15) is 0 Å². The van der Waals surface area contributed by atoms with Gasteiger partial charge in [0.1, 0.15) is 5.75 Å². The standard InChI is InChI=1S/C19H26O5/c1-4-5-6-7-8-9-18(22)16-10-11-19(17(12-16)13-20)24-15(3)23-14(2)21/h10-13,15H,4-9H2,1-3H3. The predicted molar refractivity (Wildman–Crippen MR) is 91.4 cm³/mol. The van der Waals surface area contributed by atoms with Gasteiger partial charge >= 0.3 is 5.97 Å². The van der Waals surface area contributed by atoms with Crippen LogP contribution in [0, 0.1) is 0 Å². The summed E-state index contributed by atoms with van der Waals surface area (Å²) in [7, 11) is 0. The molecule has 1 rings (SSSR count). The van der Waals surface area contributed by atoms with Crippen molar-refractivity contribution in [3.63, 3.8) is 0 Å². The number of carbonyl (C=O) groups excluding carboxylic acids is 3. The third-order valence-electron chi connectivity index (χ3n) is 3.59. The molecule has 132 valence electrons.